The highest BCUT2D eigenvalue weighted by atomic mass is 16.5. The van der Waals surface area contributed by atoms with E-state index in [1.165, 1.54) is 0 Å². The maximum atomic E-state index is 5.63. The van der Waals surface area contributed by atoms with Crippen LogP contribution in [0, 0.1) is 6.07 Å². The molecule has 1 radical (unpaired) electrons. The number of benzene rings is 1. The minimum atomic E-state index is 0.243. The highest BCUT2D eigenvalue weighted by Crippen LogP contribution is 2.15. The molecule has 1 saturated heterocycles. The molecule has 1 aliphatic heterocycles. The molecule has 0 aromatic heterocycles. The fourth-order valence-electron chi connectivity index (χ4n) is 1.25. The van der Waals surface area contributed by atoms with Gasteiger partial charge in [-0.25, -0.2) is 0 Å². The molecule has 0 amide bonds. The summed E-state index contributed by atoms with van der Waals surface area (Å²) >= 11 is 0. The van der Waals surface area contributed by atoms with Crippen molar-refractivity contribution in [3.8, 4) is 5.75 Å². The van der Waals surface area contributed by atoms with Gasteiger partial charge >= 0.3 is 0 Å². The minimum absolute atomic E-state index is 0.243. The van der Waals surface area contributed by atoms with E-state index in [2.05, 4.69) is 6.07 Å². The summed E-state index contributed by atoms with van der Waals surface area (Å²) in [5.41, 5.74) is 0. The van der Waals surface area contributed by atoms with E-state index in [-0.39, 0.29) is 6.10 Å². The lowest BCUT2D eigenvalue weighted by atomic mass is 10.3. The van der Waals surface area contributed by atoms with Crippen LogP contribution in [0.25, 0.3) is 0 Å². The van der Waals surface area contributed by atoms with E-state index in [1.807, 2.05) is 24.3 Å². The highest BCUT2D eigenvalue weighted by Gasteiger charge is 2.16. The second-order valence-corrected chi connectivity index (χ2v) is 2.84. The molecule has 0 bridgehead atoms. The number of hydrogen-bond donors (Lipinski definition) is 0. The van der Waals surface area contributed by atoms with Crippen molar-refractivity contribution in [3.05, 3.63) is 30.3 Å². The van der Waals surface area contributed by atoms with Crippen LogP contribution in [0.2, 0.25) is 0 Å². The van der Waals surface area contributed by atoms with Gasteiger partial charge in [0, 0.05) is 6.42 Å². The van der Waals surface area contributed by atoms with Gasteiger partial charge in [0.25, 0.3) is 0 Å². The molecule has 1 aliphatic rings. The van der Waals surface area contributed by atoms with Gasteiger partial charge in [0.15, 0.2) is 0 Å². The van der Waals surface area contributed by atoms with Gasteiger partial charge in [0.05, 0.1) is 13.2 Å². The molecule has 12 heavy (non-hydrogen) atoms. The first-order chi connectivity index (χ1) is 5.95. The monoisotopic (exact) mass is 163 g/mol. The second kappa shape index (κ2) is 3.59. The molecule has 1 aromatic rings. The van der Waals surface area contributed by atoms with Crippen molar-refractivity contribution in [3.63, 3.8) is 0 Å². The molecule has 2 rings (SSSR count). The molecule has 0 spiro atoms. The van der Waals surface area contributed by atoms with Gasteiger partial charge in [-0.05, 0) is 18.2 Å². The molecule has 1 atom stereocenters. The van der Waals surface area contributed by atoms with Crippen molar-refractivity contribution in [1.82, 2.24) is 0 Å². The average Bonchev–Trinajstić information content (AvgIpc) is 2.59. The molecule has 2 nitrogen and oxygen atoms in total. The molecule has 1 aromatic carbocycles. The van der Waals surface area contributed by atoms with Gasteiger partial charge in [-0.3, -0.25) is 0 Å². The lowest BCUT2D eigenvalue weighted by Gasteiger charge is -2.10. The van der Waals surface area contributed by atoms with Crippen LogP contribution in [-0.4, -0.2) is 19.3 Å². The summed E-state index contributed by atoms with van der Waals surface area (Å²) in [4.78, 5) is 0. The maximum absolute atomic E-state index is 5.63. The van der Waals surface area contributed by atoms with E-state index < -0.39 is 0 Å². The Morgan fingerprint density at radius 2 is 2.25 bits per heavy atom. The highest BCUT2D eigenvalue weighted by molar-refractivity contribution is 5.20. The smallest absolute Gasteiger partial charge is 0.124 e. The van der Waals surface area contributed by atoms with Crippen molar-refractivity contribution in [2.24, 2.45) is 0 Å². The van der Waals surface area contributed by atoms with Crippen molar-refractivity contribution in [1.29, 1.82) is 0 Å². The lowest BCUT2D eigenvalue weighted by molar-refractivity contribution is 0.141. The Kier molecular flexibility index (Phi) is 2.28. The van der Waals surface area contributed by atoms with Crippen LogP contribution in [0.15, 0.2) is 24.3 Å². The summed E-state index contributed by atoms with van der Waals surface area (Å²) in [6.45, 7) is 1.54. The molecule has 0 N–H and O–H groups in total. The van der Waals surface area contributed by atoms with Crippen LogP contribution in [0.4, 0.5) is 0 Å². The zero-order chi connectivity index (χ0) is 8.23. The molecular formula is C10H11O2. The van der Waals surface area contributed by atoms with E-state index in [4.69, 9.17) is 9.47 Å². The van der Waals surface area contributed by atoms with Crippen molar-refractivity contribution < 1.29 is 9.47 Å². The summed E-state index contributed by atoms with van der Waals surface area (Å²) in [6.07, 6.45) is 1.24. The molecule has 0 aliphatic carbocycles. The Hall–Kier alpha value is -1.02. The van der Waals surface area contributed by atoms with Gasteiger partial charge in [0.1, 0.15) is 11.9 Å². The topological polar surface area (TPSA) is 18.5 Å². The third-order valence-corrected chi connectivity index (χ3v) is 1.88. The van der Waals surface area contributed by atoms with Gasteiger partial charge < -0.3 is 9.47 Å². The molecule has 1 unspecified atom stereocenters. The fraction of sp³-hybridized carbons (Fsp3) is 0.400. The molecular weight excluding hydrogens is 152 g/mol. The largest absolute Gasteiger partial charge is 0.488 e. The molecule has 63 valence electrons. The second-order valence-electron chi connectivity index (χ2n) is 2.84. The van der Waals surface area contributed by atoms with Crippen LogP contribution in [0.3, 0.4) is 0 Å². The summed E-state index contributed by atoms with van der Waals surface area (Å²) in [6, 6.07) is 10.5. The van der Waals surface area contributed by atoms with E-state index in [0.29, 0.717) is 0 Å². The third kappa shape index (κ3) is 1.77. The van der Waals surface area contributed by atoms with Gasteiger partial charge in [-0.1, -0.05) is 12.1 Å². The summed E-state index contributed by atoms with van der Waals surface area (Å²) in [7, 11) is 0. The molecule has 1 heterocycles. The first-order valence-corrected chi connectivity index (χ1v) is 4.16. The molecule has 2 heteroatoms. The Bertz CT molecular complexity index is 227. The zero-order valence-electron chi connectivity index (χ0n) is 6.82. The Labute approximate surface area is 72.1 Å². The first-order valence-electron chi connectivity index (χ1n) is 4.16. The van der Waals surface area contributed by atoms with Crippen LogP contribution >= 0.6 is 0 Å². The fourth-order valence-corrected chi connectivity index (χ4v) is 1.25. The minimum Gasteiger partial charge on any atom is -0.488 e. The third-order valence-electron chi connectivity index (χ3n) is 1.88. The van der Waals surface area contributed by atoms with E-state index in [0.717, 1.165) is 25.4 Å². The first kappa shape index (κ1) is 7.62. The van der Waals surface area contributed by atoms with Crippen LogP contribution in [0.1, 0.15) is 6.42 Å². The quantitative estimate of drug-likeness (QED) is 0.660. The number of hydrogen-bond acceptors (Lipinski definition) is 2. The Morgan fingerprint density at radius 1 is 1.42 bits per heavy atom. The molecule has 0 saturated carbocycles. The Balaban J connectivity index is 1.94. The van der Waals surface area contributed by atoms with Crippen molar-refractivity contribution in [2.75, 3.05) is 13.2 Å². The summed E-state index contributed by atoms with van der Waals surface area (Å²) < 4.78 is 10.8. The normalized spacial score (nSPS) is 22.5. The number of rotatable bonds is 2. The van der Waals surface area contributed by atoms with Crippen LogP contribution in [0.5, 0.6) is 5.75 Å². The van der Waals surface area contributed by atoms with Gasteiger partial charge in [0.2, 0.25) is 0 Å². The van der Waals surface area contributed by atoms with E-state index in [1.54, 1.807) is 0 Å². The van der Waals surface area contributed by atoms with E-state index in [9.17, 15) is 0 Å². The predicted molar refractivity (Wildman–Crippen MR) is 45.1 cm³/mol. The van der Waals surface area contributed by atoms with Crippen molar-refractivity contribution >= 4 is 0 Å². The van der Waals surface area contributed by atoms with Crippen LogP contribution < -0.4 is 4.74 Å². The predicted octanol–water partition coefficient (Wildman–Crippen LogP) is 1.65. The van der Waals surface area contributed by atoms with Gasteiger partial charge in [-0.2, -0.15) is 0 Å². The van der Waals surface area contributed by atoms with E-state index >= 15 is 0 Å². The standard InChI is InChI=1S/C10H11O2/c1-2-4-9(5-3-1)12-10-6-7-11-8-10/h2-5,10H,6-8H2. The zero-order valence-corrected chi connectivity index (χ0v) is 6.82. The maximum Gasteiger partial charge on any atom is 0.124 e. The summed E-state index contributed by atoms with van der Waals surface area (Å²) in [5.74, 6) is 0.907. The summed E-state index contributed by atoms with van der Waals surface area (Å²) in [5, 5.41) is 0. The van der Waals surface area contributed by atoms with Gasteiger partial charge in [-0.15, -0.1) is 0 Å². The lowest BCUT2D eigenvalue weighted by Crippen LogP contribution is -2.15. The number of ether oxygens (including phenoxy) is 2. The van der Waals surface area contributed by atoms with Crippen molar-refractivity contribution in [2.45, 2.75) is 12.5 Å². The Morgan fingerprint density at radius 3 is 2.92 bits per heavy atom. The average molecular weight is 163 g/mol. The van der Waals surface area contributed by atoms with Crippen LogP contribution in [-0.2, 0) is 4.74 Å². The SMILES string of the molecule is [c]1ccc(OC2CCOC2)cc1. The molecule has 1 fully saturated rings.